The van der Waals surface area contributed by atoms with Crippen LogP contribution in [-0.4, -0.2) is 30.8 Å². The molecule has 0 saturated carbocycles. The zero-order valence-electron chi connectivity index (χ0n) is 11.3. The monoisotopic (exact) mass is 270 g/mol. The molecule has 0 saturated heterocycles. The van der Waals surface area contributed by atoms with Gasteiger partial charge < -0.3 is 10.1 Å². The van der Waals surface area contributed by atoms with Crippen molar-refractivity contribution < 1.29 is 4.74 Å². The number of nitrogens with zero attached hydrogens (tertiary/aromatic N) is 1. The molecular weight excluding hydrogens is 248 g/mol. The van der Waals surface area contributed by atoms with Gasteiger partial charge in [-0.3, -0.25) is 4.98 Å². The standard InChI is InChI=1S/C14H23ClN2O/c1-3-17-13(6-5-9-18-4-2)10-12-7-8-16-11-14(12)15/h7-8,11,13,17H,3-6,9-10H2,1-2H3. The minimum atomic E-state index is 0.454. The predicted molar refractivity (Wildman–Crippen MR) is 76.1 cm³/mol. The lowest BCUT2D eigenvalue weighted by atomic mass is 10.0. The maximum atomic E-state index is 6.14. The topological polar surface area (TPSA) is 34.1 Å². The minimum absolute atomic E-state index is 0.454. The summed E-state index contributed by atoms with van der Waals surface area (Å²) in [6, 6.07) is 2.45. The Morgan fingerprint density at radius 3 is 2.94 bits per heavy atom. The summed E-state index contributed by atoms with van der Waals surface area (Å²) in [7, 11) is 0. The number of nitrogens with one attached hydrogen (secondary N) is 1. The molecule has 1 unspecified atom stereocenters. The summed E-state index contributed by atoms with van der Waals surface area (Å²) in [4.78, 5) is 4.01. The molecule has 0 radical (unpaired) electrons. The van der Waals surface area contributed by atoms with E-state index in [9.17, 15) is 0 Å². The maximum Gasteiger partial charge on any atom is 0.0621 e. The highest BCUT2D eigenvalue weighted by Crippen LogP contribution is 2.16. The van der Waals surface area contributed by atoms with Gasteiger partial charge in [-0.15, -0.1) is 0 Å². The van der Waals surface area contributed by atoms with Gasteiger partial charge in [0, 0.05) is 31.6 Å². The van der Waals surface area contributed by atoms with Crippen LogP contribution in [0, 0.1) is 0 Å². The Labute approximate surface area is 115 Å². The highest BCUT2D eigenvalue weighted by Gasteiger charge is 2.10. The van der Waals surface area contributed by atoms with E-state index >= 15 is 0 Å². The first kappa shape index (κ1) is 15.4. The van der Waals surface area contributed by atoms with Crippen molar-refractivity contribution in [3.05, 3.63) is 29.0 Å². The van der Waals surface area contributed by atoms with Gasteiger partial charge in [0.1, 0.15) is 0 Å². The van der Waals surface area contributed by atoms with E-state index < -0.39 is 0 Å². The Morgan fingerprint density at radius 1 is 1.44 bits per heavy atom. The van der Waals surface area contributed by atoms with Crippen LogP contribution in [0.5, 0.6) is 0 Å². The normalized spacial score (nSPS) is 12.6. The second-order valence-corrected chi connectivity index (χ2v) is 4.67. The Kier molecular flexibility index (Phi) is 7.98. The quantitative estimate of drug-likeness (QED) is 0.701. The van der Waals surface area contributed by atoms with Gasteiger partial charge in [0.25, 0.3) is 0 Å². The zero-order chi connectivity index (χ0) is 13.2. The summed E-state index contributed by atoms with van der Waals surface area (Å²) >= 11 is 6.14. The first-order valence-electron chi connectivity index (χ1n) is 6.67. The van der Waals surface area contributed by atoms with Gasteiger partial charge in [-0.05, 0) is 44.4 Å². The molecule has 3 nitrogen and oxygen atoms in total. The van der Waals surface area contributed by atoms with Crippen molar-refractivity contribution in [3.8, 4) is 0 Å². The van der Waals surface area contributed by atoms with E-state index in [1.807, 2.05) is 13.0 Å². The summed E-state index contributed by atoms with van der Waals surface area (Å²) < 4.78 is 5.37. The van der Waals surface area contributed by atoms with Gasteiger partial charge in [-0.2, -0.15) is 0 Å². The lowest BCUT2D eigenvalue weighted by Crippen LogP contribution is -2.31. The van der Waals surface area contributed by atoms with Gasteiger partial charge >= 0.3 is 0 Å². The number of pyridine rings is 1. The number of hydrogen-bond donors (Lipinski definition) is 1. The number of aromatic nitrogens is 1. The van der Waals surface area contributed by atoms with Crippen molar-refractivity contribution in [2.24, 2.45) is 0 Å². The molecule has 1 aromatic heterocycles. The number of halogens is 1. The van der Waals surface area contributed by atoms with Crippen LogP contribution in [0.1, 0.15) is 32.3 Å². The lowest BCUT2D eigenvalue weighted by Gasteiger charge is -2.18. The van der Waals surface area contributed by atoms with Crippen LogP contribution in [0.4, 0.5) is 0 Å². The van der Waals surface area contributed by atoms with Crippen molar-refractivity contribution in [1.29, 1.82) is 0 Å². The Bertz CT molecular complexity index is 333. The van der Waals surface area contributed by atoms with E-state index in [0.717, 1.165) is 49.6 Å². The number of hydrogen-bond acceptors (Lipinski definition) is 3. The summed E-state index contributed by atoms with van der Waals surface area (Å²) in [5, 5.41) is 4.26. The third-order valence-electron chi connectivity index (χ3n) is 2.86. The third-order valence-corrected chi connectivity index (χ3v) is 3.20. The first-order chi connectivity index (χ1) is 8.77. The molecule has 0 amide bonds. The summed E-state index contributed by atoms with van der Waals surface area (Å²) in [6.45, 7) is 6.76. The number of likely N-dealkylation sites (N-methyl/N-ethyl adjacent to an activating group) is 1. The summed E-state index contributed by atoms with van der Waals surface area (Å²) in [5.74, 6) is 0. The predicted octanol–water partition coefficient (Wildman–Crippen LogP) is 3.07. The molecule has 0 spiro atoms. The van der Waals surface area contributed by atoms with Gasteiger partial charge in [-0.25, -0.2) is 0 Å². The molecule has 1 aromatic rings. The molecule has 0 fully saturated rings. The molecule has 1 N–H and O–H groups in total. The Balaban J connectivity index is 2.44. The molecule has 0 aliphatic carbocycles. The van der Waals surface area contributed by atoms with E-state index in [-0.39, 0.29) is 0 Å². The largest absolute Gasteiger partial charge is 0.382 e. The molecule has 4 heteroatoms. The molecule has 0 aliphatic rings. The fourth-order valence-electron chi connectivity index (χ4n) is 1.98. The van der Waals surface area contributed by atoms with Gasteiger partial charge in [0.2, 0.25) is 0 Å². The van der Waals surface area contributed by atoms with E-state index in [2.05, 4.69) is 17.2 Å². The second-order valence-electron chi connectivity index (χ2n) is 4.26. The third kappa shape index (κ3) is 5.80. The SMILES string of the molecule is CCNC(CCCOCC)Cc1ccncc1Cl. The average Bonchev–Trinajstić information content (AvgIpc) is 2.37. The van der Waals surface area contributed by atoms with Crippen molar-refractivity contribution >= 4 is 11.6 Å². The van der Waals surface area contributed by atoms with Crippen LogP contribution in [0.25, 0.3) is 0 Å². The highest BCUT2D eigenvalue weighted by molar-refractivity contribution is 6.31. The van der Waals surface area contributed by atoms with Crippen LogP contribution in [0.15, 0.2) is 18.5 Å². The van der Waals surface area contributed by atoms with Crippen molar-refractivity contribution in [3.63, 3.8) is 0 Å². The fourth-order valence-corrected chi connectivity index (χ4v) is 2.17. The van der Waals surface area contributed by atoms with E-state index in [4.69, 9.17) is 16.3 Å². The van der Waals surface area contributed by atoms with Crippen LogP contribution in [0.2, 0.25) is 5.02 Å². The van der Waals surface area contributed by atoms with Crippen LogP contribution in [0.3, 0.4) is 0 Å². The molecule has 1 heterocycles. The first-order valence-corrected chi connectivity index (χ1v) is 7.05. The Hall–Kier alpha value is -0.640. The number of ether oxygens (including phenoxy) is 1. The number of rotatable bonds is 9. The summed E-state index contributed by atoms with van der Waals surface area (Å²) in [6.07, 6.45) is 6.63. The van der Waals surface area contributed by atoms with Gasteiger partial charge in [0.15, 0.2) is 0 Å². The highest BCUT2D eigenvalue weighted by atomic mass is 35.5. The van der Waals surface area contributed by atoms with Crippen molar-refractivity contribution in [2.75, 3.05) is 19.8 Å². The zero-order valence-corrected chi connectivity index (χ0v) is 12.0. The molecular formula is C14H23ClN2O. The maximum absolute atomic E-state index is 6.14. The van der Waals surface area contributed by atoms with Gasteiger partial charge in [0.05, 0.1) is 5.02 Å². The molecule has 0 aromatic carbocycles. The Morgan fingerprint density at radius 2 is 2.28 bits per heavy atom. The van der Waals surface area contributed by atoms with Crippen LogP contribution < -0.4 is 5.32 Å². The van der Waals surface area contributed by atoms with Crippen molar-refractivity contribution in [1.82, 2.24) is 10.3 Å². The van der Waals surface area contributed by atoms with Crippen molar-refractivity contribution in [2.45, 2.75) is 39.2 Å². The molecule has 1 atom stereocenters. The molecule has 102 valence electrons. The van der Waals surface area contributed by atoms with E-state index in [1.165, 1.54) is 0 Å². The molecule has 0 aliphatic heterocycles. The smallest absolute Gasteiger partial charge is 0.0621 e. The summed E-state index contributed by atoms with van der Waals surface area (Å²) in [5.41, 5.74) is 1.16. The molecule has 1 rings (SSSR count). The molecule has 18 heavy (non-hydrogen) atoms. The lowest BCUT2D eigenvalue weighted by molar-refractivity contribution is 0.141. The van der Waals surface area contributed by atoms with E-state index in [0.29, 0.717) is 6.04 Å². The fraction of sp³-hybridized carbons (Fsp3) is 0.643. The van der Waals surface area contributed by atoms with E-state index in [1.54, 1.807) is 12.4 Å². The molecule has 0 bridgehead atoms. The average molecular weight is 271 g/mol. The van der Waals surface area contributed by atoms with Crippen LogP contribution >= 0.6 is 11.6 Å². The van der Waals surface area contributed by atoms with Gasteiger partial charge in [-0.1, -0.05) is 18.5 Å². The second kappa shape index (κ2) is 9.31. The van der Waals surface area contributed by atoms with Crippen LogP contribution in [-0.2, 0) is 11.2 Å². The minimum Gasteiger partial charge on any atom is -0.382 e.